The number of aromatic nitrogens is 1. The van der Waals surface area contributed by atoms with Gasteiger partial charge in [0.15, 0.2) is 6.10 Å². The summed E-state index contributed by atoms with van der Waals surface area (Å²) in [5, 5.41) is 3.86. The second kappa shape index (κ2) is 7.66. The Labute approximate surface area is 146 Å². The number of hydrogen-bond donors (Lipinski definition) is 2. The summed E-state index contributed by atoms with van der Waals surface area (Å²) in [4.78, 5) is 27.1. The van der Waals surface area contributed by atoms with Crippen LogP contribution in [0.25, 0.3) is 10.9 Å². The number of carbonyl (C=O) groups is 2. The van der Waals surface area contributed by atoms with Crippen molar-refractivity contribution in [2.75, 3.05) is 0 Å². The lowest BCUT2D eigenvalue weighted by Crippen LogP contribution is -2.38. The first-order valence-corrected chi connectivity index (χ1v) is 8.17. The molecule has 0 saturated carbocycles. The number of hydrogen-bond acceptors (Lipinski definition) is 3. The van der Waals surface area contributed by atoms with Gasteiger partial charge in [-0.2, -0.15) is 0 Å². The van der Waals surface area contributed by atoms with Gasteiger partial charge < -0.3 is 15.0 Å². The van der Waals surface area contributed by atoms with Gasteiger partial charge in [0.25, 0.3) is 5.91 Å². The molecule has 3 rings (SSSR count). The Kier molecular flexibility index (Phi) is 5.14. The molecule has 1 unspecified atom stereocenters. The van der Waals surface area contributed by atoms with E-state index in [1.54, 1.807) is 0 Å². The van der Waals surface area contributed by atoms with Gasteiger partial charge in [-0.3, -0.25) is 9.59 Å². The van der Waals surface area contributed by atoms with E-state index in [4.69, 9.17) is 4.74 Å². The van der Waals surface area contributed by atoms with E-state index < -0.39 is 12.1 Å². The van der Waals surface area contributed by atoms with Crippen molar-refractivity contribution < 1.29 is 14.3 Å². The fourth-order valence-electron chi connectivity index (χ4n) is 2.79. The zero-order valence-corrected chi connectivity index (χ0v) is 14.0. The highest BCUT2D eigenvalue weighted by Crippen LogP contribution is 2.20. The molecule has 0 saturated heterocycles. The van der Waals surface area contributed by atoms with Gasteiger partial charge in [0.1, 0.15) is 0 Å². The molecule has 2 N–H and O–H groups in total. The molecule has 0 spiro atoms. The van der Waals surface area contributed by atoms with Crippen LogP contribution in [0.3, 0.4) is 0 Å². The van der Waals surface area contributed by atoms with Crippen LogP contribution >= 0.6 is 0 Å². The monoisotopic (exact) mass is 336 g/mol. The summed E-state index contributed by atoms with van der Waals surface area (Å²) in [5.74, 6) is -0.774. The molecular formula is C20H20N2O3. The third kappa shape index (κ3) is 4.26. The Morgan fingerprint density at radius 2 is 1.80 bits per heavy atom. The summed E-state index contributed by atoms with van der Waals surface area (Å²) in [5.41, 5.74) is 2.92. The van der Waals surface area contributed by atoms with Gasteiger partial charge in [-0.05, 0) is 17.2 Å². The normalized spacial score (nSPS) is 11.9. The van der Waals surface area contributed by atoms with Gasteiger partial charge in [-0.15, -0.1) is 0 Å². The van der Waals surface area contributed by atoms with Crippen molar-refractivity contribution in [3.8, 4) is 0 Å². The topological polar surface area (TPSA) is 71.2 Å². The smallest absolute Gasteiger partial charge is 0.303 e. The number of esters is 1. The zero-order chi connectivity index (χ0) is 17.6. The van der Waals surface area contributed by atoms with Crippen LogP contribution in [0.5, 0.6) is 0 Å². The van der Waals surface area contributed by atoms with Crippen molar-refractivity contribution in [2.24, 2.45) is 0 Å². The van der Waals surface area contributed by atoms with Crippen molar-refractivity contribution in [3.63, 3.8) is 0 Å². The molecule has 25 heavy (non-hydrogen) atoms. The number of ether oxygens (including phenoxy) is 1. The van der Waals surface area contributed by atoms with Crippen LogP contribution in [0.4, 0.5) is 0 Å². The summed E-state index contributed by atoms with van der Waals surface area (Å²) >= 11 is 0. The van der Waals surface area contributed by atoms with Crippen LogP contribution in [-0.4, -0.2) is 23.0 Å². The lowest BCUT2D eigenvalue weighted by atomic mass is 10.1. The van der Waals surface area contributed by atoms with E-state index in [1.165, 1.54) is 6.92 Å². The number of nitrogens with one attached hydrogen (secondary N) is 2. The minimum absolute atomic E-state index is 0.302. The molecule has 0 radical (unpaired) electrons. The minimum atomic E-state index is -0.861. The summed E-state index contributed by atoms with van der Waals surface area (Å²) < 4.78 is 5.26. The predicted molar refractivity (Wildman–Crippen MR) is 95.8 cm³/mol. The summed E-state index contributed by atoms with van der Waals surface area (Å²) in [7, 11) is 0. The predicted octanol–water partition coefficient (Wildman–Crippen LogP) is 2.96. The van der Waals surface area contributed by atoms with E-state index in [2.05, 4.69) is 10.3 Å². The highest BCUT2D eigenvalue weighted by atomic mass is 16.5. The van der Waals surface area contributed by atoms with Crippen LogP contribution in [0.15, 0.2) is 60.8 Å². The number of para-hydroxylation sites is 1. The molecule has 3 aromatic rings. The van der Waals surface area contributed by atoms with Crippen LogP contribution in [0, 0.1) is 0 Å². The van der Waals surface area contributed by atoms with E-state index >= 15 is 0 Å². The van der Waals surface area contributed by atoms with E-state index in [1.807, 2.05) is 60.8 Å². The number of amides is 1. The maximum atomic E-state index is 12.5. The fourth-order valence-corrected chi connectivity index (χ4v) is 2.79. The number of aromatic amines is 1. The van der Waals surface area contributed by atoms with E-state index in [0.717, 1.165) is 22.0 Å². The quantitative estimate of drug-likeness (QED) is 0.680. The molecule has 1 amide bonds. The minimum Gasteiger partial charge on any atom is -0.452 e. The van der Waals surface area contributed by atoms with Gasteiger partial charge in [0.2, 0.25) is 0 Å². The number of carbonyl (C=O) groups excluding carboxylic acids is 2. The highest BCUT2D eigenvalue weighted by Gasteiger charge is 2.23. The van der Waals surface area contributed by atoms with Gasteiger partial charge >= 0.3 is 5.97 Å². The SMILES string of the molecule is CC(=O)OC(Cc1c[nH]c2ccccc12)C(=O)NCc1ccccc1. The maximum absolute atomic E-state index is 12.5. The third-order valence-corrected chi connectivity index (χ3v) is 3.99. The van der Waals surface area contributed by atoms with Gasteiger partial charge in [0, 0.05) is 37.0 Å². The standard InChI is InChI=1S/C20H20N2O3/c1-14(23)25-19(20(24)22-12-15-7-3-2-4-8-15)11-16-13-21-18-10-6-5-9-17(16)18/h2-10,13,19,21H,11-12H2,1H3,(H,22,24). The number of benzene rings is 2. The first-order valence-electron chi connectivity index (χ1n) is 8.17. The largest absolute Gasteiger partial charge is 0.452 e. The molecule has 0 aliphatic heterocycles. The second-order valence-corrected chi connectivity index (χ2v) is 5.87. The van der Waals surface area contributed by atoms with Crippen LogP contribution in [0.1, 0.15) is 18.1 Å². The lowest BCUT2D eigenvalue weighted by Gasteiger charge is -2.16. The van der Waals surface area contributed by atoms with E-state index in [9.17, 15) is 9.59 Å². The van der Waals surface area contributed by atoms with Crippen LogP contribution < -0.4 is 5.32 Å². The molecule has 0 fully saturated rings. The van der Waals surface area contributed by atoms with Gasteiger partial charge in [-0.1, -0.05) is 48.5 Å². The molecule has 5 heteroatoms. The Morgan fingerprint density at radius 1 is 1.08 bits per heavy atom. The number of fused-ring (bicyclic) bond motifs is 1. The molecule has 2 aromatic carbocycles. The number of H-pyrrole nitrogens is 1. The van der Waals surface area contributed by atoms with Crippen molar-refractivity contribution in [1.29, 1.82) is 0 Å². The lowest BCUT2D eigenvalue weighted by molar-refractivity contribution is -0.153. The summed E-state index contributed by atoms with van der Waals surface area (Å²) in [6.07, 6.45) is 1.32. The Hall–Kier alpha value is -3.08. The average Bonchev–Trinajstić information content (AvgIpc) is 3.03. The second-order valence-electron chi connectivity index (χ2n) is 5.87. The molecule has 128 valence electrons. The maximum Gasteiger partial charge on any atom is 0.303 e. The van der Waals surface area contributed by atoms with Crippen molar-refractivity contribution >= 4 is 22.8 Å². The Bertz CT molecular complexity index is 871. The van der Waals surface area contributed by atoms with E-state index in [0.29, 0.717) is 13.0 Å². The molecule has 0 aliphatic rings. The summed E-state index contributed by atoms with van der Waals surface area (Å²) in [6, 6.07) is 17.4. The van der Waals surface area contributed by atoms with Crippen molar-refractivity contribution in [1.82, 2.24) is 10.3 Å². The zero-order valence-electron chi connectivity index (χ0n) is 14.0. The fraction of sp³-hybridized carbons (Fsp3) is 0.200. The van der Waals surface area contributed by atoms with Crippen LogP contribution in [-0.2, 0) is 27.3 Å². The first-order chi connectivity index (χ1) is 12.1. The van der Waals surface area contributed by atoms with Gasteiger partial charge in [0.05, 0.1) is 0 Å². The molecule has 0 aliphatic carbocycles. The van der Waals surface area contributed by atoms with Crippen molar-refractivity contribution in [2.45, 2.75) is 26.0 Å². The number of rotatable bonds is 6. The molecule has 0 bridgehead atoms. The first kappa shape index (κ1) is 16.8. The molecular weight excluding hydrogens is 316 g/mol. The van der Waals surface area contributed by atoms with E-state index in [-0.39, 0.29) is 5.91 Å². The molecule has 1 atom stereocenters. The van der Waals surface area contributed by atoms with Crippen LogP contribution in [0.2, 0.25) is 0 Å². The Balaban J connectivity index is 1.72. The molecule has 1 heterocycles. The van der Waals surface area contributed by atoms with Gasteiger partial charge in [-0.25, -0.2) is 0 Å². The molecule has 5 nitrogen and oxygen atoms in total. The molecule has 1 aromatic heterocycles. The van der Waals surface area contributed by atoms with Crippen molar-refractivity contribution in [3.05, 3.63) is 71.9 Å². The summed E-state index contributed by atoms with van der Waals surface area (Å²) in [6.45, 7) is 1.71. The third-order valence-electron chi connectivity index (χ3n) is 3.99. The average molecular weight is 336 g/mol. The Morgan fingerprint density at radius 3 is 2.56 bits per heavy atom. The highest BCUT2D eigenvalue weighted by molar-refractivity contribution is 5.86.